The van der Waals surface area contributed by atoms with Crippen molar-refractivity contribution in [3.05, 3.63) is 35.8 Å². The van der Waals surface area contributed by atoms with E-state index in [1.54, 1.807) is 19.1 Å². The number of hydrogen-bond donors (Lipinski definition) is 2. The molecule has 118 valence electrons. The standard InChI is InChI=1S/C15H17F3N4/c1-9-13(14(21-20-9)15(16,17)18)12-6-5-11(19-12)10(2)22-7-3-4-8-22/h5-6,19H,2-4,7-8H2,1H3,(H,20,21). The number of aromatic nitrogens is 3. The van der Waals surface area contributed by atoms with Crippen LogP contribution in [0.5, 0.6) is 0 Å². The van der Waals surface area contributed by atoms with E-state index in [0.29, 0.717) is 11.4 Å². The van der Waals surface area contributed by atoms with E-state index in [2.05, 4.69) is 26.7 Å². The number of hydrogen-bond acceptors (Lipinski definition) is 2. The zero-order valence-corrected chi connectivity index (χ0v) is 12.2. The van der Waals surface area contributed by atoms with E-state index in [1.165, 1.54) is 0 Å². The van der Waals surface area contributed by atoms with Gasteiger partial charge in [0.2, 0.25) is 0 Å². The van der Waals surface area contributed by atoms with Crippen molar-refractivity contribution in [3.8, 4) is 11.3 Å². The molecular weight excluding hydrogens is 293 g/mol. The molecule has 7 heteroatoms. The maximum absolute atomic E-state index is 13.0. The average molecular weight is 310 g/mol. The van der Waals surface area contributed by atoms with Gasteiger partial charge in [-0.2, -0.15) is 18.3 Å². The second-order valence-corrected chi connectivity index (χ2v) is 5.50. The van der Waals surface area contributed by atoms with Crippen LogP contribution in [0, 0.1) is 6.92 Å². The van der Waals surface area contributed by atoms with E-state index in [4.69, 9.17) is 0 Å². The van der Waals surface area contributed by atoms with Crippen LogP contribution in [-0.2, 0) is 6.18 Å². The van der Waals surface area contributed by atoms with Gasteiger partial charge in [-0.1, -0.05) is 6.58 Å². The normalized spacial score (nSPS) is 15.5. The molecule has 0 aliphatic carbocycles. The minimum absolute atomic E-state index is 0.0629. The van der Waals surface area contributed by atoms with Gasteiger partial charge in [0, 0.05) is 24.5 Å². The van der Waals surface area contributed by atoms with Gasteiger partial charge in [-0.05, 0) is 31.9 Å². The van der Waals surface area contributed by atoms with E-state index >= 15 is 0 Å². The monoisotopic (exact) mass is 310 g/mol. The Morgan fingerprint density at radius 2 is 1.95 bits per heavy atom. The lowest BCUT2D eigenvalue weighted by atomic mass is 10.1. The van der Waals surface area contributed by atoms with Crippen LogP contribution in [0.3, 0.4) is 0 Å². The maximum atomic E-state index is 13.0. The molecule has 0 saturated carbocycles. The summed E-state index contributed by atoms with van der Waals surface area (Å²) in [6.07, 6.45) is -2.26. The molecule has 1 aliphatic heterocycles. The fourth-order valence-corrected chi connectivity index (χ4v) is 2.83. The molecule has 2 N–H and O–H groups in total. The molecule has 3 rings (SSSR count). The molecule has 0 amide bonds. The molecule has 1 saturated heterocycles. The summed E-state index contributed by atoms with van der Waals surface area (Å²) in [6.45, 7) is 7.49. The van der Waals surface area contributed by atoms with Gasteiger partial charge >= 0.3 is 6.18 Å². The van der Waals surface area contributed by atoms with Gasteiger partial charge in [0.25, 0.3) is 0 Å². The lowest BCUT2D eigenvalue weighted by Gasteiger charge is -2.19. The first-order valence-corrected chi connectivity index (χ1v) is 7.13. The molecule has 3 heterocycles. The third kappa shape index (κ3) is 2.51. The summed E-state index contributed by atoms with van der Waals surface area (Å²) in [6, 6.07) is 3.41. The highest BCUT2D eigenvalue weighted by molar-refractivity contribution is 5.70. The highest BCUT2D eigenvalue weighted by atomic mass is 19.4. The number of alkyl halides is 3. The van der Waals surface area contributed by atoms with Gasteiger partial charge < -0.3 is 9.88 Å². The molecule has 0 spiro atoms. The number of H-pyrrole nitrogens is 2. The van der Waals surface area contributed by atoms with Gasteiger partial charge in [-0.25, -0.2) is 0 Å². The zero-order valence-electron chi connectivity index (χ0n) is 12.2. The Labute approximate surface area is 126 Å². The van der Waals surface area contributed by atoms with Crippen molar-refractivity contribution in [2.75, 3.05) is 13.1 Å². The summed E-state index contributed by atoms with van der Waals surface area (Å²) in [5, 5.41) is 5.81. The molecule has 1 fully saturated rings. The predicted molar refractivity (Wildman–Crippen MR) is 78.0 cm³/mol. The summed E-state index contributed by atoms with van der Waals surface area (Å²) in [5.41, 5.74) is 1.50. The molecule has 0 aromatic carbocycles. The minimum Gasteiger partial charge on any atom is -0.370 e. The minimum atomic E-state index is -4.49. The first-order valence-electron chi connectivity index (χ1n) is 7.13. The molecule has 0 bridgehead atoms. The van der Waals surface area contributed by atoms with Crippen molar-refractivity contribution in [2.45, 2.75) is 25.9 Å². The quantitative estimate of drug-likeness (QED) is 0.906. The number of halogens is 3. The lowest BCUT2D eigenvalue weighted by molar-refractivity contribution is -0.140. The first kappa shape index (κ1) is 14.7. The second-order valence-electron chi connectivity index (χ2n) is 5.50. The molecule has 0 radical (unpaired) electrons. The Morgan fingerprint density at radius 3 is 2.59 bits per heavy atom. The Bertz CT molecular complexity index is 690. The van der Waals surface area contributed by atoms with Crippen LogP contribution >= 0.6 is 0 Å². The summed E-state index contributed by atoms with van der Waals surface area (Å²) in [5.74, 6) is 0. The number of rotatable bonds is 3. The summed E-state index contributed by atoms with van der Waals surface area (Å²) in [7, 11) is 0. The van der Waals surface area contributed by atoms with Gasteiger partial charge in [-0.15, -0.1) is 0 Å². The second kappa shape index (κ2) is 5.23. The average Bonchev–Trinajstić information content (AvgIpc) is 3.17. The Kier molecular flexibility index (Phi) is 3.50. The molecule has 0 atom stereocenters. The number of aromatic amines is 2. The van der Waals surface area contributed by atoms with Crippen molar-refractivity contribution in [1.82, 2.24) is 20.1 Å². The van der Waals surface area contributed by atoms with Gasteiger partial charge in [-0.3, -0.25) is 5.10 Å². The number of nitrogens with one attached hydrogen (secondary N) is 2. The van der Waals surface area contributed by atoms with Crippen LogP contribution < -0.4 is 0 Å². The zero-order chi connectivity index (χ0) is 15.9. The largest absolute Gasteiger partial charge is 0.435 e. The van der Waals surface area contributed by atoms with Crippen molar-refractivity contribution < 1.29 is 13.2 Å². The van der Waals surface area contributed by atoms with E-state index in [1.807, 2.05) is 0 Å². The molecular formula is C15H17F3N4. The summed E-state index contributed by atoms with van der Waals surface area (Å²) in [4.78, 5) is 5.19. The Balaban J connectivity index is 1.94. The van der Waals surface area contributed by atoms with Gasteiger partial charge in [0.1, 0.15) is 0 Å². The number of likely N-dealkylation sites (tertiary alicyclic amines) is 1. The van der Waals surface area contributed by atoms with Crippen molar-refractivity contribution in [2.24, 2.45) is 0 Å². The van der Waals surface area contributed by atoms with Crippen LogP contribution in [0.25, 0.3) is 17.0 Å². The fraction of sp³-hybridized carbons (Fsp3) is 0.400. The molecule has 4 nitrogen and oxygen atoms in total. The van der Waals surface area contributed by atoms with Crippen molar-refractivity contribution in [1.29, 1.82) is 0 Å². The van der Waals surface area contributed by atoms with Gasteiger partial charge in [0.05, 0.1) is 17.0 Å². The highest BCUT2D eigenvalue weighted by Crippen LogP contribution is 2.37. The lowest BCUT2D eigenvalue weighted by Crippen LogP contribution is -2.16. The van der Waals surface area contributed by atoms with Crippen LogP contribution in [0.2, 0.25) is 0 Å². The fourth-order valence-electron chi connectivity index (χ4n) is 2.83. The topological polar surface area (TPSA) is 47.7 Å². The maximum Gasteiger partial charge on any atom is 0.435 e. The van der Waals surface area contributed by atoms with E-state index in [-0.39, 0.29) is 5.56 Å². The SMILES string of the molecule is C=C(c1ccc(-c2c(C(F)(F)F)n[nH]c2C)[nH]1)N1CCCC1. The number of aryl methyl sites for hydroxylation is 1. The van der Waals surface area contributed by atoms with Crippen LogP contribution in [0.15, 0.2) is 18.7 Å². The Morgan fingerprint density at radius 1 is 1.27 bits per heavy atom. The van der Waals surface area contributed by atoms with Crippen LogP contribution in [-0.4, -0.2) is 33.2 Å². The van der Waals surface area contributed by atoms with E-state index < -0.39 is 11.9 Å². The van der Waals surface area contributed by atoms with Crippen molar-refractivity contribution >= 4 is 5.70 Å². The molecule has 0 unspecified atom stereocenters. The summed E-state index contributed by atoms with van der Waals surface area (Å²) < 4.78 is 39.1. The molecule has 1 aliphatic rings. The first-order chi connectivity index (χ1) is 10.4. The smallest absolute Gasteiger partial charge is 0.370 e. The van der Waals surface area contributed by atoms with E-state index in [0.717, 1.165) is 37.3 Å². The highest BCUT2D eigenvalue weighted by Gasteiger charge is 2.38. The third-order valence-electron chi connectivity index (χ3n) is 3.97. The van der Waals surface area contributed by atoms with Crippen LogP contribution in [0.4, 0.5) is 13.2 Å². The van der Waals surface area contributed by atoms with Crippen molar-refractivity contribution in [3.63, 3.8) is 0 Å². The molecule has 2 aromatic heterocycles. The molecule has 22 heavy (non-hydrogen) atoms. The Hall–Kier alpha value is -2.18. The number of nitrogens with zero attached hydrogens (tertiary/aromatic N) is 2. The van der Waals surface area contributed by atoms with E-state index in [9.17, 15) is 13.2 Å². The summed E-state index contributed by atoms with van der Waals surface area (Å²) >= 11 is 0. The molecule has 2 aromatic rings. The van der Waals surface area contributed by atoms with Gasteiger partial charge in [0.15, 0.2) is 5.69 Å². The third-order valence-corrected chi connectivity index (χ3v) is 3.97. The van der Waals surface area contributed by atoms with Crippen LogP contribution in [0.1, 0.15) is 29.9 Å². The predicted octanol–water partition coefficient (Wildman–Crippen LogP) is 3.80.